The highest BCUT2D eigenvalue weighted by molar-refractivity contribution is 5.74. The number of rotatable bonds is 7. The van der Waals surface area contributed by atoms with Gasteiger partial charge in [0.1, 0.15) is 0 Å². The second-order valence-electron chi connectivity index (χ2n) is 5.83. The average Bonchev–Trinajstić information content (AvgIpc) is 2.39. The summed E-state index contributed by atoms with van der Waals surface area (Å²) >= 11 is 0. The zero-order valence-corrected chi connectivity index (χ0v) is 12.6. The van der Waals surface area contributed by atoms with E-state index in [4.69, 9.17) is 5.11 Å². The zero-order valence-electron chi connectivity index (χ0n) is 12.6. The van der Waals surface area contributed by atoms with E-state index in [2.05, 4.69) is 36.6 Å². The van der Waals surface area contributed by atoms with Crippen LogP contribution >= 0.6 is 0 Å². The molecule has 0 aliphatic rings. The number of urea groups is 1. The van der Waals surface area contributed by atoms with Crippen LogP contribution in [0.5, 0.6) is 0 Å². The van der Waals surface area contributed by atoms with Gasteiger partial charge in [-0.3, -0.25) is 0 Å². The Bertz CT molecular complexity index is 404. The van der Waals surface area contributed by atoms with Crippen molar-refractivity contribution >= 4 is 6.03 Å². The third-order valence-corrected chi connectivity index (χ3v) is 3.37. The van der Waals surface area contributed by atoms with Crippen LogP contribution in [0.2, 0.25) is 0 Å². The third kappa shape index (κ3) is 5.61. The summed E-state index contributed by atoms with van der Waals surface area (Å²) < 4.78 is 0. The lowest BCUT2D eigenvalue weighted by atomic mass is 9.79. The molecule has 112 valence electrons. The minimum atomic E-state index is -0.171. The van der Waals surface area contributed by atoms with Crippen molar-refractivity contribution in [3.8, 4) is 0 Å². The number of aliphatic hydroxyl groups excluding tert-OH is 1. The van der Waals surface area contributed by atoms with Crippen LogP contribution in [0.1, 0.15) is 39.2 Å². The van der Waals surface area contributed by atoms with Crippen LogP contribution in [-0.2, 0) is 5.41 Å². The Balaban J connectivity index is 2.45. The van der Waals surface area contributed by atoms with E-state index in [1.165, 1.54) is 5.56 Å². The Morgan fingerprint density at radius 1 is 1.30 bits per heavy atom. The predicted molar refractivity (Wildman–Crippen MR) is 81.8 cm³/mol. The lowest BCUT2D eigenvalue weighted by Gasteiger charge is -2.29. The van der Waals surface area contributed by atoms with Gasteiger partial charge in [0.2, 0.25) is 0 Å². The highest BCUT2D eigenvalue weighted by Gasteiger charge is 2.23. The molecule has 0 saturated carbocycles. The normalized spacial score (nSPS) is 12.8. The summed E-state index contributed by atoms with van der Waals surface area (Å²) in [7, 11) is 0. The highest BCUT2D eigenvalue weighted by Crippen LogP contribution is 2.27. The first-order valence-corrected chi connectivity index (χ1v) is 7.16. The van der Waals surface area contributed by atoms with Crippen LogP contribution in [0, 0.1) is 0 Å². The minimum absolute atomic E-state index is 0.0130. The fraction of sp³-hybridized carbons (Fsp3) is 0.562. The summed E-state index contributed by atoms with van der Waals surface area (Å²) in [4.78, 5) is 11.6. The molecule has 3 N–H and O–H groups in total. The number of hydrogen-bond acceptors (Lipinski definition) is 2. The molecule has 0 aliphatic carbocycles. The average molecular weight is 278 g/mol. The molecule has 0 radical (unpaired) electrons. The van der Waals surface area contributed by atoms with E-state index in [1.807, 2.05) is 25.1 Å². The molecule has 1 rings (SSSR count). The number of nitrogens with one attached hydrogen (secondary N) is 2. The van der Waals surface area contributed by atoms with Gasteiger partial charge < -0.3 is 15.7 Å². The second-order valence-corrected chi connectivity index (χ2v) is 5.83. The molecular formula is C16H26N2O2. The summed E-state index contributed by atoms with van der Waals surface area (Å²) in [6, 6.07) is 10.2. The number of aliphatic hydroxyl groups is 1. The maximum Gasteiger partial charge on any atom is 0.314 e. The van der Waals surface area contributed by atoms with Gasteiger partial charge in [0.15, 0.2) is 0 Å². The second kappa shape index (κ2) is 7.90. The molecule has 0 heterocycles. The van der Waals surface area contributed by atoms with Crippen molar-refractivity contribution in [2.24, 2.45) is 0 Å². The first-order valence-electron chi connectivity index (χ1n) is 7.16. The van der Waals surface area contributed by atoms with Crippen molar-refractivity contribution in [2.75, 3.05) is 13.2 Å². The van der Waals surface area contributed by atoms with E-state index in [0.717, 1.165) is 6.42 Å². The Kier molecular flexibility index (Phi) is 6.52. The standard InChI is InChI=1S/C16H26N2O2/c1-13(18-15(20)17-10-7-11-19)12-16(2,3)14-8-5-4-6-9-14/h4-6,8-9,13,19H,7,10-12H2,1-3H3,(H2,17,18,20). The van der Waals surface area contributed by atoms with Gasteiger partial charge in [-0.1, -0.05) is 44.2 Å². The van der Waals surface area contributed by atoms with E-state index in [0.29, 0.717) is 13.0 Å². The minimum Gasteiger partial charge on any atom is -0.396 e. The molecule has 0 aromatic heterocycles. The quantitative estimate of drug-likeness (QED) is 0.671. The van der Waals surface area contributed by atoms with Crippen LogP contribution in [0.15, 0.2) is 30.3 Å². The topological polar surface area (TPSA) is 61.4 Å². The molecule has 4 nitrogen and oxygen atoms in total. The number of hydrogen-bond donors (Lipinski definition) is 3. The Labute approximate surface area is 121 Å². The van der Waals surface area contributed by atoms with Gasteiger partial charge in [-0.25, -0.2) is 4.79 Å². The first-order chi connectivity index (χ1) is 9.45. The van der Waals surface area contributed by atoms with Crippen molar-refractivity contribution in [1.82, 2.24) is 10.6 Å². The van der Waals surface area contributed by atoms with Crippen LogP contribution in [0.25, 0.3) is 0 Å². The Hall–Kier alpha value is -1.55. The number of carbonyl (C=O) groups is 1. The lowest BCUT2D eigenvalue weighted by Crippen LogP contribution is -2.43. The van der Waals surface area contributed by atoms with Crippen LogP contribution in [0.3, 0.4) is 0 Å². The molecule has 0 bridgehead atoms. The first kappa shape index (κ1) is 16.5. The van der Waals surface area contributed by atoms with Crippen molar-refractivity contribution in [3.63, 3.8) is 0 Å². The third-order valence-electron chi connectivity index (χ3n) is 3.37. The van der Waals surface area contributed by atoms with Gasteiger partial charge in [0.05, 0.1) is 0 Å². The summed E-state index contributed by atoms with van der Waals surface area (Å²) in [5, 5.41) is 14.3. The van der Waals surface area contributed by atoms with Crippen molar-refractivity contribution in [1.29, 1.82) is 0 Å². The maximum atomic E-state index is 11.6. The van der Waals surface area contributed by atoms with E-state index < -0.39 is 0 Å². The van der Waals surface area contributed by atoms with Crippen LogP contribution in [-0.4, -0.2) is 30.3 Å². The largest absolute Gasteiger partial charge is 0.396 e. The summed E-state index contributed by atoms with van der Waals surface area (Å²) in [6.45, 7) is 6.97. The van der Waals surface area contributed by atoms with Gasteiger partial charge in [0, 0.05) is 19.2 Å². The van der Waals surface area contributed by atoms with Gasteiger partial charge in [-0.05, 0) is 30.7 Å². The highest BCUT2D eigenvalue weighted by atomic mass is 16.3. The van der Waals surface area contributed by atoms with Crippen LogP contribution < -0.4 is 10.6 Å². The Morgan fingerprint density at radius 3 is 2.55 bits per heavy atom. The van der Waals surface area contributed by atoms with Crippen LogP contribution in [0.4, 0.5) is 4.79 Å². The predicted octanol–water partition coefficient (Wildman–Crippen LogP) is 2.42. The fourth-order valence-electron chi connectivity index (χ4n) is 2.38. The summed E-state index contributed by atoms with van der Waals surface area (Å²) in [6.07, 6.45) is 1.45. The molecule has 4 heteroatoms. The number of carbonyl (C=O) groups excluding carboxylic acids is 1. The molecule has 1 aromatic rings. The number of amides is 2. The van der Waals surface area contributed by atoms with E-state index >= 15 is 0 Å². The molecule has 2 amide bonds. The van der Waals surface area contributed by atoms with Gasteiger partial charge in [-0.15, -0.1) is 0 Å². The van der Waals surface area contributed by atoms with Crippen molar-refractivity contribution < 1.29 is 9.90 Å². The SMILES string of the molecule is CC(CC(C)(C)c1ccccc1)NC(=O)NCCCO. The number of benzene rings is 1. The van der Waals surface area contributed by atoms with E-state index in [1.54, 1.807) is 0 Å². The van der Waals surface area contributed by atoms with Crippen molar-refractivity contribution in [2.45, 2.75) is 45.1 Å². The van der Waals surface area contributed by atoms with E-state index in [9.17, 15) is 4.79 Å². The molecule has 0 spiro atoms. The molecule has 0 aliphatic heterocycles. The molecule has 1 aromatic carbocycles. The van der Waals surface area contributed by atoms with E-state index in [-0.39, 0.29) is 24.1 Å². The smallest absolute Gasteiger partial charge is 0.314 e. The molecule has 20 heavy (non-hydrogen) atoms. The fourth-order valence-corrected chi connectivity index (χ4v) is 2.38. The van der Waals surface area contributed by atoms with Gasteiger partial charge in [0.25, 0.3) is 0 Å². The Morgan fingerprint density at radius 2 is 1.95 bits per heavy atom. The molecule has 1 atom stereocenters. The maximum absolute atomic E-state index is 11.6. The molecule has 0 fully saturated rings. The van der Waals surface area contributed by atoms with Gasteiger partial charge in [-0.2, -0.15) is 0 Å². The molecule has 0 saturated heterocycles. The lowest BCUT2D eigenvalue weighted by molar-refractivity contribution is 0.232. The zero-order chi connectivity index (χ0) is 15.0. The summed E-state index contributed by atoms with van der Waals surface area (Å²) in [5.41, 5.74) is 1.29. The summed E-state index contributed by atoms with van der Waals surface area (Å²) in [5.74, 6) is 0. The molecular weight excluding hydrogens is 252 g/mol. The molecule has 1 unspecified atom stereocenters. The van der Waals surface area contributed by atoms with Gasteiger partial charge >= 0.3 is 6.03 Å². The monoisotopic (exact) mass is 278 g/mol. The van der Waals surface area contributed by atoms with Crippen molar-refractivity contribution in [3.05, 3.63) is 35.9 Å².